The van der Waals surface area contributed by atoms with E-state index >= 15 is 0 Å². The first-order valence-electron chi connectivity index (χ1n) is 10.3. The Kier molecular flexibility index (Phi) is 9.38. The van der Waals surface area contributed by atoms with Gasteiger partial charge in [-0.25, -0.2) is 0 Å². The third-order valence-electron chi connectivity index (χ3n) is 6.48. The highest BCUT2D eigenvalue weighted by molar-refractivity contribution is 4.82. The highest BCUT2D eigenvalue weighted by Gasteiger charge is 2.33. The molecule has 150 valence electrons. The van der Waals surface area contributed by atoms with Gasteiger partial charge >= 0.3 is 0 Å². The van der Waals surface area contributed by atoms with E-state index < -0.39 is 12.6 Å². The summed E-state index contributed by atoms with van der Waals surface area (Å²) < 4.78 is 11.5. The molecule has 0 aromatic rings. The molecule has 3 atom stereocenters. The molecule has 0 amide bonds. The van der Waals surface area contributed by atoms with E-state index in [-0.39, 0.29) is 16.9 Å². The van der Waals surface area contributed by atoms with E-state index in [9.17, 15) is 10.2 Å². The number of aliphatic hydroxyl groups is 2. The van der Waals surface area contributed by atoms with E-state index in [0.29, 0.717) is 25.4 Å². The molecule has 1 aliphatic rings. The Balaban J connectivity index is 2.26. The molecule has 0 aromatic heterocycles. The van der Waals surface area contributed by atoms with E-state index in [2.05, 4.69) is 34.6 Å². The van der Waals surface area contributed by atoms with E-state index in [4.69, 9.17) is 9.47 Å². The van der Waals surface area contributed by atoms with Gasteiger partial charge in [0.1, 0.15) is 0 Å². The average molecular weight is 359 g/mol. The molecule has 3 unspecified atom stereocenters. The Morgan fingerprint density at radius 1 is 1.04 bits per heavy atom. The largest absolute Gasteiger partial charge is 0.368 e. The number of hydrogen-bond acceptors (Lipinski definition) is 4. The molecule has 0 bridgehead atoms. The first-order chi connectivity index (χ1) is 11.6. The third kappa shape index (κ3) is 7.54. The normalized spacial score (nSPS) is 21.1. The standard InChI is InChI=1S/C21H42O4/c1-7-20(3,4)16(2)19(23)24-15-11-14-18(22)25-21(5,6)17-12-9-8-10-13-17/h16-19,22-23H,7-15H2,1-6H3. The molecule has 4 nitrogen and oxygen atoms in total. The number of hydrogen-bond donors (Lipinski definition) is 2. The summed E-state index contributed by atoms with van der Waals surface area (Å²) in [6.07, 6.45) is 6.94. The van der Waals surface area contributed by atoms with Crippen molar-refractivity contribution in [3.8, 4) is 0 Å². The molecule has 25 heavy (non-hydrogen) atoms. The summed E-state index contributed by atoms with van der Waals surface area (Å²) in [4.78, 5) is 0. The minimum Gasteiger partial charge on any atom is -0.368 e. The second-order valence-corrected chi connectivity index (χ2v) is 9.05. The van der Waals surface area contributed by atoms with Crippen molar-refractivity contribution in [1.29, 1.82) is 0 Å². The minimum absolute atomic E-state index is 0.0477. The van der Waals surface area contributed by atoms with E-state index in [1.54, 1.807) is 0 Å². The maximum Gasteiger partial charge on any atom is 0.157 e. The highest BCUT2D eigenvalue weighted by atomic mass is 16.6. The van der Waals surface area contributed by atoms with Crippen LogP contribution in [0.3, 0.4) is 0 Å². The maximum absolute atomic E-state index is 10.2. The molecule has 1 fully saturated rings. The zero-order chi connectivity index (χ0) is 19.1. The highest BCUT2D eigenvalue weighted by Crippen LogP contribution is 2.36. The number of aliphatic hydroxyl groups excluding tert-OH is 2. The quantitative estimate of drug-likeness (QED) is 0.409. The molecule has 0 aromatic carbocycles. The summed E-state index contributed by atoms with van der Waals surface area (Å²) in [6, 6.07) is 0. The van der Waals surface area contributed by atoms with Gasteiger partial charge in [-0.1, -0.05) is 53.4 Å². The molecular formula is C21H42O4. The lowest BCUT2D eigenvalue weighted by Gasteiger charge is -2.38. The lowest BCUT2D eigenvalue weighted by atomic mass is 9.77. The first-order valence-corrected chi connectivity index (χ1v) is 10.3. The van der Waals surface area contributed by atoms with Crippen LogP contribution in [0.4, 0.5) is 0 Å². The predicted octanol–water partition coefficient (Wildman–Crippen LogP) is 4.87. The van der Waals surface area contributed by atoms with Crippen LogP contribution in [0.1, 0.15) is 92.9 Å². The van der Waals surface area contributed by atoms with Gasteiger partial charge in [0.2, 0.25) is 0 Å². The van der Waals surface area contributed by atoms with Gasteiger partial charge in [0, 0.05) is 18.9 Å². The minimum atomic E-state index is -0.762. The molecule has 0 heterocycles. The lowest BCUT2D eigenvalue weighted by Crippen LogP contribution is -2.39. The summed E-state index contributed by atoms with van der Waals surface area (Å²) in [6.45, 7) is 13.1. The smallest absolute Gasteiger partial charge is 0.157 e. The van der Waals surface area contributed by atoms with Gasteiger partial charge in [0.15, 0.2) is 12.6 Å². The van der Waals surface area contributed by atoms with Crippen LogP contribution in [0, 0.1) is 17.3 Å². The predicted molar refractivity (Wildman–Crippen MR) is 102 cm³/mol. The second-order valence-electron chi connectivity index (χ2n) is 9.05. The molecule has 0 radical (unpaired) electrons. The van der Waals surface area contributed by atoms with Crippen LogP contribution in [-0.4, -0.2) is 35.0 Å². The summed E-state index contributed by atoms with van der Waals surface area (Å²) in [7, 11) is 0. The Labute approximate surface area is 155 Å². The van der Waals surface area contributed by atoms with Crippen molar-refractivity contribution in [2.45, 2.75) is 111 Å². The topological polar surface area (TPSA) is 58.9 Å². The van der Waals surface area contributed by atoms with Crippen LogP contribution >= 0.6 is 0 Å². The van der Waals surface area contributed by atoms with Crippen molar-refractivity contribution in [1.82, 2.24) is 0 Å². The third-order valence-corrected chi connectivity index (χ3v) is 6.48. The van der Waals surface area contributed by atoms with Gasteiger partial charge in [-0.15, -0.1) is 0 Å². The molecule has 1 saturated carbocycles. The van der Waals surface area contributed by atoms with Gasteiger partial charge in [-0.3, -0.25) is 0 Å². The monoisotopic (exact) mass is 358 g/mol. The van der Waals surface area contributed by atoms with Gasteiger partial charge in [0.05, 0.1) is 5.60 Å². The van der Waals surface area contributed by atoms with Crippen LogP contribution in [0.25, 0.3) is 0 Å². The van der Waals surface area contributed by atoms with Crippen molar-refractivity contribution in [2.75, 3.05) is 6.61 Å². The molecule has 1 rings (SSSR count). The van der Waals surface area contributed by atoms with Crippen molar-refractivity contribution < 1.29 is 19.7 Å². The summed E-state index contributed by atoms with van der Waals surface area (Å²) in [5.41, 5.74) is -0.230. The zero-order valence-electron chi connectivity index (χ0n) is 17.4. The molecular weight excluding hydrogens is 316 g/mol. The van der Waals surface area contributed by atoms with Gasteiger partial charge in [-0.05, 0) is 44.4 Å². The summed E-state index contributed by atoms with van der Waals surface area (Å²) >= 11 is 0. The molecule has 0 saturated heterocycles. The molecule has 0 aliphatic heterocycles. The molecule has 4 heteroatoms. The average Bonchev–Trinajstić information content (AvgIpc) is 2.58. The first kappa shape index (κ1) is 22.9. The Hall–Kier alpha value is -0.160. The summed E-state index contributed by atoms with van der Waals surface area (Å²) in [5.74, 6) is 0.606. The Morgan fingerprint density at radius 3 is 2.20 bits per heavy atom. The summed E-state index contributed by atoms with van der Waals surface area (Å²) in [5, 5.41) is 20.4. The molecule has 2 N–H and O–H groups in total. The van der Waals surface area contributed by atoms with Crippen LogP contribution < -0.4 is 0 Å². The second kappa shape index (κ2) is 10.2. The fraction of sp³-hybridized carbons (Fsp3) is 1.00. The van der Waals surface area contributed by atoms with Crippen molar-refractivity contribution in [2.24, 2.45) is 17.3 Å². The maximum atomic E-state index is 10.2. The molecule has 0 spiro atoms. The van der Waals surface area contributed by atoms with E-state index in [1.165, 1.54) is 32.1 Å². The van der Waals surface area contributed by atoms with Gasteiger partial charge in [-0.2, -0.15) is 0 Å². The Morgan fingerprint density at radius 2 is 1.64 bits per heavy atom. The number of ether oxygens (including phenoxy) is 2. The van der Waals surface area contributed by atoms with Crippen LogP contribution in [0.2, 0.25) is 0 Å². The molecule has 1 aliphatic carbocycles. The van der Waals surface area contributed by atoms with Crippen molar-refractivity contribution >= 4 is 0 Å². The van der Waals surface area contributed by atoms with Crippen molar-refractivity contribution in [3.05, 3.63) is 0 Å². The van der Waals surface area contributed by atoms with Gasteiger partial charge < -0.3 is 19.7 Å². The van der Waals surface area contributed by atoms with E-state index in [0.717, 1.165) is 6.42 Å². The van der Waals surface area contributed by atoms with Crippen LogP contribution in [-0.2, 0) is 9.47 Å². The Bertz CT molecular complexity index is 361. The van der Waals surface area contributed by atoms with E-state index in [1.807, 2.05) is 6.92 Å². The zero-order valence-corrected chi connectivity index (χ0v) is 17.4. The van der Waals surface area contributed by atoms with Crippen LogP contribution in [0.15, 0.2) is 0 Å². The number of rotatable bonds is 11. The van der Waals surface area contributed by atoms with Crippen molar-refractivity contribution in [3.63, 3.8) is 0 Å². The van der Waals surface area contributed by atoms with Crippen LogP contribution in [0.5, 0.6) is 0 Å². The van der Waals surface area contributed by atoms with Gasteiger partial charge in [0.25, 0.3) is 0 Å². The lowest BCUT2D eigenvalue weighted by molar-refractivity contribution is -0.202. The SMILES string of the molecule is CCC(C)(C)C(C)C(O)OCCCC(O)OC(C)(C)C1CCCCC1. The fourth-order valence-electron chi connectivity index (χ4n) is 3.62. The fourth-order valence-corrected chi connectivity index (χ4v) is 3.62.